The first-order valence-corrected chi connectivity index (χ1v) is 6.52. The van der Waals surface area contributed by atoms with Gasteiger partial charge in [0.05, 0.1) is 12.3 Å². The van der Waals surface area contributed by atoms with Crippen molar-refractivity contribution in [3.8, 4) is 0 Å². The highest BCUT2D eigenvalue weighted by atomic mass is 16.5. The first-order valence-electron chi connectivity index (χ1n) is 6.52. The van der Waals surface area contributed by atoms with Gasteiger partial charge in [-0.25, -0.2) is 4.79 Å². The molecular formula is C13H23N3O3. The Kier molecular flexibility index (Phi) is 5.82. The SMILES string of the molecule is Cc1nn(C)c(NCCOCCC(C)C)c1C(=O)O. The van der Waals surface area contributed by atoms with Gasteiger partial charge in [0.15, 0.2) is 0 Å². The highest BCUT2D eigenvalue weighted by Gasteiger charge is 2.18. The number of carboxylic acid groups (broad SMARTS) is 1. The van der Waals surface area contributed by atoms with Gasteiger partial charge in [0.25, 0.3) is 0 Å². The molecule has 1 aromatic rings. The van der Waals surface area contributed by atoms with E-state index in [0.717, 1.165) is 13.0 Å². The number of carboxylic acids is 1. The summed E-state index contributed by atoms with van der Waals surface area (Å²) >= 11 is 0. The van der Waals surface area contributed by atoms with E-state index in [-0.39, 0.29) is 5.56 Å². The number of hydrogen-bond acceptors (Lipinski definition) is 4. The molecular weight excluding hydrogens is 246 g/mol. The van der Waals surface area contributed by atoms with Crippen LogP contribution in [0.15, 0.2) is 0 Å². The van der Waals surface area contributed by atoms with Crippen LogP contribution in [0.5, 0.6) is 0 Å². The summed E-state index contributed by atoms with van der Waals surface area (Å²) in [7, 11) is 1.72. The summed E-state index contributed by atoms with van der Waals surface area (Å²) in [6.07, 6.45) is 1.03. The number of aromatic nitrogens is 2. The average Bonchev–Trinajstić information content (AvgIpc) is 2.58. The maximum atomic E-state index is 11.1. The van der Waals surface area contributed by atoms with Gasteiger partial charge in [0.1, 0.15) is 11.4 Å². The normalized spacial score (nSPS) is 11.0. The largest absolute Gasteiger partial charge is 0.477 e. The van der Waals surface area contributed by atoms with Crippen LogP contribution in [0.1, 0.15) is 36.3 Å². The van der Waals surface area contributed by atoms with Gasteiger partial charge in [-0.05, 0) is 19.3 Å². The molecule has 1 rings (SSSR count). The van der Waals surface area contributed by atoms with E-state index in [4.69, 9.17) is 9.84 Å². The lowest BCUT2D eigenvalue weighted by Crippen LogP contribution is -2.15. The average molecular weight is 269 g/mol. The molecule has 0 unspecified atom stereocenters. The number of nitrogens with zero attached hydrogens (tertiary/aromatic N) is 2. The van der Waals surface area contributed by atoms with Crippen molar-refractivity contribution in [2.24, 2.45) is 13.0 Å². The smallest absolute Gasteiger partial charge is 0.341 e. The molecule has 0 aliphatic carbocycles. The summed E-state index contributed by atoms with van der Waals surface area (Å²) in [6, 6.07) is 0. The van der Waals surface area contributed by atoms with Crippen molar-refractivity contribution in [2.45, 2.75) is 27.2 Å². The van der Waals surface area contributed by atoms with Crippen molar-refractivity contribution < 1.29 is 14.6 Å². The van der Waals surface area contributed by atoms with Crippen molar-refractivity contribution in [1.82, 2.24) is 9.78 Å². The number of nitrogens with one attached hydrogen (secondary N) is 1. The van der Waals surface area contributed by atoms with Crippen LogP contribution < -0.4 is 5.32 Å². The third-order valence-corrected chi connectivity index (χ3v) is 2.81. The van der Waals surface area contributed by atoms with Crippen LogP contribution in [0.3, 0.4) is 0 Å². The molecule has 6 nitrogen and oxygen atoms in total. The lowest BCUT2D eigenvalue weighted by molar-refractivity contribution is 0.0697. The molecule has 0 spiro atoms. The molecule has 0 amide bonds. The molecule has 2 N–H and O–H groups in total. The lowest BCUT2D eigenvalue weighted by atomic mass is 10.1. The molecule has 6 heteroatoms. The second kappa shape index (κ2) is 7.13. The Bertz CT molecular complexity index is 427. The molecule has 0 aromatic carbocycles. The van der Waals surface area contributed by atoms with Crippen LogP contribution in [0.4, 0.5) is 5.82 Å². The predicted octanol–water partition coefficient (Wildman–Crippen LogP) is 1.90. The van der Waals surface area contributed by atoms with E-state index in [0.29, 0.717) is 30.6 Å². The molecule has 0 radical (unpaired) electrons. The minimum Gasteiger partial charge on any atom is -0.477 e. The van der Waals surface area contributed by atoms with E-state index in [1.807, 2.05) is 0 Å². The first kappa shape index (κ1) is 15.5. The molecule has 0 aliphatic rings. The van der Waals surface area contributed by atoms with Crippen molar-refractivity contribution in [3.05, 3.63) is 11.3 Å². The molecule has 0 saturated heterocycles. The van der Waals surface area contributed by atoms with Crippen molar-refractivity contribution >= 4 is 11.8 Å². The summed E-state index contributed by atoms with van der Waals surface area (Å²) in [6.45, 7) is 7.84. The topological polar surface area (TPSA) is 76.4 Å². The Hall–Kier alpha value is -1.56. The summed E-state index contributed by atoms with van der Waals surface area (Å²) in [5.74, 6) is 0.192. The number of carbonyl (C=O) groups is 1. The molecule has 0 saturated carbocycles. The van der Waals surface area contributed by atoms with Crippen LogP contribution in [-0.2, 0) is 11.8 Å². The Labute approximate surface area is 113 Å². The van der Waals surface area contributed by atoms with Crippen LogP contribution in [0.2, 0.25) is 0 Å². The van der Waals surface area contributed by atoms with E-state index in [1.165, 1.54) is 0 Å². The maximum absolute atomic E-state index is 11.1. The summed E-state index contributed by atoms with van der Waals surface area (Å²) in [5.41, 5.74) is 0.739. The molecule has 0 fully saturated rings. The number of ether oxygens (including phenoxy) is 1. The second-order valence-electron chi connectivity index (χ2n) is 4.96. The fraction of sp³-hybridized carbons (Fsp3) is 0.692. The van der Waals surface area contributed by atoms with E-state index in [2.05, 4.69) is 24.3 Å². The molecule has 0 atom stereocenters. The molecule has 108 valence electrons. The number of hydrogen-bond donors (Lipinski definition) is 2. The molecule has 1 aromatic heterocycles. The van der Waals surface area contributed by atoms with Gasteiger partial charge in [-0.3, -0.25) is 4.68 Å². The summed E-state index contributed by atoms with van der Waals surface area (Å²) < 4.78 is 7.02. The number of aryl methyl sites for hydroxylation is 2. The molecule has 1 heterocycles. The standard InChI is InChI=1S/C13H23N3O3/c1-9(2)5-7-19-8-6-14-12-11(13(17)18)10(3)15-16(12)4/h9,14H,5-8H2,1-4H3,(H,17,18). The Balaban J connectivity index is 2.43. The summed E-state index contributed by atoms with van der Waals surface area (Å²) in [5, 5.41) is 16.3. The predicted molar refractivity (Wildman–Crippen MR) is 73.7 cm³/mol. The number of aromatic carboxylic acids is 1. The van der Waals surface area contributed by atoms with Gasteiger partial charge < -0.3 is 15.2 Å². The number of anilines is 1. The van der Waals surface area contributed by atoms with Crippen LogP contribution in [-0.4, -0.2) is 40.6 Å². The molecule has 19 heavy (non-hydrogen) atoms. The fourth-order valence-corrected chi connectivity index (χ4v) is 1.78. The first-order chi connectivity index (χ1) is 8.93. The van der Waals surface area contributed by atoms with Crippen molar-refractivity contribution in [2.75, 3.05) is 25.1 Å². The second-order valence-corrected chi connectivity index (χ2v) is 4.96. The quantitative estimate of drug-likeness (QED) is 0.705. The van der Waals surface area contributed by atoms with Gasteiger partial charge >= 0.3 is 5.97 Å². The molecule has 0 bridgehead atoms. The minimum atomic E-state index is -0.964. The number of rotatable bonds is 8. The van der Waals surface area contributed by atoms with Crippen LogP contribution in [0, 0.1) is 12.8 Å². The van der Waals surface area contributed by atoms with Crippen LogP contribution in [0.25, 0.3) is 0 Å². The van der Waals surface area contributed by atoms with Gasteiger partial charge in [0.2, 0.25) is 0 Å². The van der Waals surface area contributed by atoms with Gasteiger partial charge in [0, 0.05) is 20.2 Å². The minimum absolute atomic E-state index is 0.227. The van der Waals surface area contributed by atoms with Gasteiger partial charge in [-0.1, -0.05) is 13.8 Å². The lowest BCUT2D eigenvalue weighted by Gasteiger charge is -2.09. The Morgan fingerprint density at radius 2 is 2.16 bits per heavy atom. The third kappa shape index (κ3) is 4.55. The summed E-state index contributed by atoms with van der Waals surface area (Å²) in [4.78, 5) is 11.1. The van der Waals surface area contributed by atoms with Gasteiger partial charge in [-0.15, -0.1) is 0 Å². The van der Waals surface area contributed by atoms with E-state index in [1.54, 1.807) is 18.7 Å². The maximum Gasteiger partial charge on any atom is 0.341 e. The fourth-order valence-electron chi connectivity index (χ4n) is 1.78. The third-order valence-electron chi connectivity index (χ3n) is 2.81. The Morgan fingerprint density at radius 1 is 1.47 bits per heavy atom. The zero-order valence-corrected chi connectivity index (χ0v) is 12.1. The van der Waals surface area contributed by atoms with E-state index in [9.17, 15) is 4.79 Å². The van der Waals surface area contributed by atoms with Gasteiger partial charge in [-0.2, -0.15) is 5.10 Å². The van der Waals surface area contributed by atoms with E-state index < -0.39 is 5.97 Å². The zero-order chi connectivity index (χ0) is 14.4. The highest BCUT2D eigenvalue weighted by molar-refractivity contribution is 5.94. The van der Waals surface area contributed by atoms with Crippen molar-refractivity contribution in [3.63, 3.8) is 0 Å². The Morgan fingerprint density at radius 3 is 2.74 bits per heavy atom. The van der Waals surface area contributed by atoms with Crippen molar-refractivity contribution in [1.29, 1.82) is 0 Å². The zero-order valence-electron chi connectivity index (χ0n) is 12.1. The van der Waals surface area contributed by atoms with E-state index >= 15 is 0 Å². The monoisotopic (exact) mass is 269 g/mol. The van der Waals surface area contributed by atoms with Crippen LogP contribution >= 0.6 is 0 Å². The molecule has 0 aliphatic heterocycles. The highest BCUT2D eigenvalue weighted by Crippen LogP contribution is 2.18.